The van der Waals surface area contributed by atoms with Crippen LogP contribution in [0, 0.1) is 17.5 Å². The summed E-state index contributed by atoms with van der Waals surface area (Å²) in [6.07, 6.45) is 0. The Morgan fingerprint density at radius 2 is 1.75 bits per heavy atom. The first kappa shape index (κ1) is 24.5. The molecule has 1 N–H and O–H groups in total. The Morgan fingerprint density at radius 3 is 2.44 bits per heavy atom. The smallest absolute Gasteiger partial charge is 0.358 e. The van der Waals surface area contributed by atoms with Crippen LogP contribution in [0.2, 0.25) is 0 Å². The fourth-order valence-corrected chi connectivity index (χ4v) is 3.49. The highest BCUT2D eigenvalue weighted by atomic mass is 19.2. The van der Waals surface area contributed by atoms with Crippen molar-refractivity contribution in [3.05, 3.63) is 95.4 Å². The second-order valence-electron chi connectivity index (χ2n) is 7.53. The number of methoxy groups -OCH3 is 1. The zero-order chi connectivity index (χ0) is 25.8. The number of esters is 1. The molecule has 0 saturated carbocycles. The lowest BCUT2D eigenvalue weighted by atomic mass is 10.1. The summed E-state index contributed by atoms with van der Waals surface area (Å²) in [7, 11) is 1.54. The third-order valence-electron chi connectivity index (χ3n) is 5.16. The Hall–Kier alpha value is -4.60. The van der Waals surface area contributed by atoms with Gasteiger partial charge in [0.15, 0.2) is 17.3 Å². The summed E-state index contributed by atoms with van der Waals surface area (Å²) in [5.41, 5.74) is 1.16. The lowest BCUT2D eigenvalue weighted by Crippen LogP contribution is -2.15. The molecule has 10 heteroatoms. The van der Waals surface area contributed by atoms with E-state index in [0.29, 0.717) is 34.8 Å². The summed E-state index contributed by atoms with van der Waals surface area (Å²) >= 11 is 0. The van der Waals surface area contributed by atoms with E-state index >= 15 is 0 Å². The van der Waals surface area contributed by atoms with Crippen LogP contribution in [0.1, 0.15) is 27.8 Å². The topological polar surface area (TPSA) is 82.5 Å². The summed E-state index contributed by atoms with van der Waals surface area (Å²) in [6, 6.07) is 15.9. The molecule has 1 aromatic heterocycles. The minimum absolute atomic E-state index is 0.0643. The molecule has 4 rings (SSSR count). The van der Waals surface area contributed by atoms with E-state index in [1.807, 2.05) is 0 Å². The zero-order valence-electron chi connectivity index (χ0n) is 19.2. The average molecular weight is 495 g/mol. The third-order valence-corrected chi connectivity index (χ3v) is 5.16. The number of halogens is 3. The number of carbonyl (C=O) groups excluding carboxylic acids is 2. The zero-order valence-corrected chi connectivity index (χ0v) is 19.2. The van der Waals surface area contributed by atoms with Crippen molar-refractivity contribution in [2.75, 3.05) is 19.0 Å². The largest absolute Gasteiger partial charge is 0.497 e. The Labute approximate surface area is 204 Å². The van der Waals surface area contributed by atoms with Crippen LogP contribution in [0.5, 0.6) is 5.75 Å². The van der Waals surface area contributed by atoms with Crippen molar-refractivity contribution < 1.29 is 32.2 Å². The van der Waals surface area contributed by atoms with Gasteiger partial charge in [-0.05, 0) is 55.5 Å². The predicted molar refractivity (Wildman–Crippen MR) is 126 cm³/mol. The first-order valence-corrected chi connectivity index (χ1v) is 10.8. The van der Waals surface area contributed by atoms with E-state index in [1.165, 1.54) is 23.9 Å². The monoisotopic (exact) mass is 495 g/mol. The molecule has 36 heavy (non-hydrogen) atoms. The Balaban J connectivity index is 1.72. The van der Waals surface area contributed by atoms with Crippen LogP contribution < -0.4 is 10.1 Å². The van der Waals surface area contributed by atoms with Crippen LogP contribution >= 0.6 is 0 Å². The minimum Gasteiger partial charge on any atom is -0.497 e. The number of benzene rings is 3. The van der Waals surface area contributed by atoms with Gasteiger partial charge in [0, 0.05) is 17.3 Å². The van der Waals surface area contributed by atoms with Gasteiger partial charge in [-0.2, -0.15) is 5.10 Å². The van der Waals surface area contributed by atoms with Crippen LogP contribution in [-0.4, -0.2) is 35.4 Å². The van der Waals surface area contributed by atoms with Crippen molar-refractivity contribution >= 4 is 17.6 Å². The number of hydrogen-bond donors (Lipinski definition) is 1. The first-order chi connectivity index (χ1) is 17.3. The molecule has 7 nitrogen and oxygen atoms in total. The van der Waals surface area contributed by atoms with E-state index in [9.17, 15) is 22.8 Å². The maximum Gasteiger partial charge on any atom is 0.358 e. The highest BCUT2D eigenvalue weighted by molar-refractivity contribution is 6.04. The highest BCUT2D eigenvalue weighted by Gasteiger charge is 2.20. The van der Waals surface area contributed by atoms with E-state index in [-0.39, 0.29) is 18.0 Å². The summed E-state index contributed by atoms with van der Waals surface area (Å²) in [5, 5.41) is 6.82. The molecule has 0 unspecified atom stereocenters. The fraction of sp³-hybridized carbons (Fsp3) is 0.115. The van der Waals surface area contributed by atoms with Crippen LogP contribution in [0.3, 0.4) is 0 Å². The van der Waals surface area contributed by atoms with E-state index in [2.05, 4.69) is 10.4 Å². The normalized spacial score (nSPS) is 10.7. The predicted octanol–water partition coefficient (Wildman–Crippen LogP) is 5.39. The summed E-state index contributed by atoms with van der Waals surface area (Å²) in [4.78, 5) is 24.9. The molecule has 0 bridgehead atoms. The molecule has 0 fully saturated rings. The number of amides is 1. The second-order valence-corrected chi connectivity index (χ2v) is 7.53. The quantitative estimate of drug-likeness (QED) is 0.275. The van der Waals surface area contributed by atoms with Gasteiger partial charge in [0.05, 0.1) is 30.7 Å². The minimum atomic E-state index is -1.47. The average Bonchev–Trinajstić information content (AvgIpc) is 3.32. The Kier molecular flexibility index (Phi) is 7.05. The molecule has 0 spiro atoms. The van der Waals surface area contributed by atoms with Crippen molar-refractivity contribution in [2.45, 2.75) is 6.92 Å². The second kappa shape index (κ2) is 10.3. The molecule has 0 aliphatic heterocycles. The molecular weight excluding hydrogens is 475 g/mol. The molecular formula is C26H20F3N3O4. The number of aromatic nitrogens is 2. The van der Waals surface area contributed by atoms with Gasteiger partial charge in [-0.1, -0.05) is 12.1 Å². The van der Waals surface area contributed by atoms with Crippen molar-refractivity contribution in [1.82, 2.24) is 9.78 Å². The molecule has 0 aliphatic carbocycles. The van der Waals surface area contributed by atoms with Gasteiger partial charge >= 0.3 is 5.97 Å². The van der Waals surface area contributed by atoms with Gasteiger partial charge in [-0.3, -0.25) is 4.79 Å². The van der Waals surface area contributed by atoms with E-state index in [0.717, 1.165) is 0 Å². The van der Waals surface area contributed by atoms with Crippen LogP contribution in [0.15, 0.2) is 66.7 Å². The number of carbonyl (C=O) groups is 2. The highest BCUT2D eigenvalue weighted by Crippen LogP contribution is 2.28. The summed E-state index contributed by atoms with van der Waals surface area (Å²) in [6.45, 7) is 1.85. The number of anilines is 1. The van der Waals surface area contributed by atoms with Gasteiger partial charge in [0.1, 0.15) is 11.6 Å². The van der Waals surface area contributed by atoms with Gasteiger partial charge in [-0.15, -0.1) is 0 Å². The molecule has 1 amide bonds. The number of hydrogen-bond acceptors (Lipinski definition) is 5. The molecule has 3 aromatic carbocycles. The summed E-state index contributed by atoms with van der Waals surface area (Å²) < 4.78 is 52.9. The third kappa shape index (κ3) is 5.07. The lowest BCUT2D eigenvalue weighted by molar-refractivity contribution is 0.0518. The standard InChI is InChI=1S/C26H20F3N3O4/c1-3-36-26(34)22-14-23(32(31-22)18-7-9-19(35-2)10-8-18)15-5-4-6-17(11-15)30-25(33)20-12-16(27)13-21(28)24(20)29/h4-14H,3H2,1-2H3,(H,30,33). The maximum absolute atomic E-state index is 14.0. The van der Waals surface area contributed by atoms with Gasteiger partial charge in [-0.25, -0.2) is 22.6 Å². The molecule has 1 heterocycles. The number of rotatable bonds is 7. The molecule has 4 aromatic rings. The van der Waals surface area contributed by atoms with E-state index < -0.39 is 34.9 Å². The van der Waals surface area contributed by atoms with Crippen molar-refractivity contribution in [1.29, 1.82) is 0 Å². The van der Waals surface area contributed by atoms with Gasteiger partial charge < -0.3 is 14.8 Å². The van der Waals surface area contributed by atoms with E-state index in [1.54, 1.807) is 49.4 Å². The van der Waals surface area contributed by atoms with Crippen LogP contribution in [-0.2, 0) is 4.74 Å². The maximum atomic E-state index is 14.0. The molecule has 0 saturated heterocycles. The van der Waals surface area contributed by atoms with Crippen LogP contribution in [0.4, 0.5) is 18.9 Å². The first-order valence-electron chi connectivity index (χ1n) is 10.8. The van der Waals surface area contributed by atoms with E-state index in [4.69, 9.17) is 9.47 Å². The van der Waals surface area contributed by atoms with Crippen molar-refractivity contribution in [2.24, 2.45) is 0 Å². The summed E-state index contributed by atoms with van der Waals surface area (Å²) in [5.74, 6) is -5.02. The fourth-order valence-electron chi connectivity index (χ4n) is 3.49. The Bertz CT molecular complexity index is 1440. The van der Waals surface area contributed by atoms with Crippen molar-refractivity contribution in [3.63, 3.8) is 0 Å². The number of nitrogens with zero attached hydrogens (tertiary/aromatic N) is 2. The molecule has 0 radical (unpaired) electrons. The number of ether oxygens (including phenoxy) is 2. The molecule has 184 valence electrons. The Morgan fingerprint density at radius 1 is 1.00 bits per heavy atom. The lowest BCUT2D eigenvalue weighted by Gasteiger charge is -2.11. The molecule has 0 atom stereocenters. The van der Waals surface area contributed by atoms with Gasteiger partial charge in [0.25, 0.3) is 5.91 Å². The van der Waals surface area contributed by atoms with Crippen molar-refractivity contribution in [3.8, 4) is 22.7 Å². The van der Waals surface area contributed by atoms with Gasteiger partial charge in [0.2, 0.25) is 0 Å². The molecule has 0 aliphatic rings. The van der Waals surface area contributed by atoms with Crippen LogP contribution in [0.25, 0.3) is 16.9 Å². The number of nitrogens with one attached hydrogen (secondary N) is 1. The SMILES string of the molecule is CCOC(=O)c1cc(-c2cccc(NC(=O)c3cc(F)cc(F)c3F)c2)n(-c2ccc(OC)cc2)n1.